The predicted molar refractivity (Wildman–Crippen MR) is 78.5 cm³/mol. The van der Waals surface area contributed by atoms with Gasteiger partial charge in [0.1, 0.15) is 5.75 Å². The van der Waals surface area contributed by atoms with Crippen molar-refractivity contribution in [3.05, 3.63) is 53.3 Å². The minimum absolute atomic E-state index is 0.107. The first-order valence-corrected chi connectivity index (χ1v) is 7.88. The van der Waals surface area contributed by atoms with E-state index >= 15 is 0 Å². The molecule has 2 N–H and O–H groups in total. The van der Waals surface area contributed by atoms with Crippen LogP contribution in [0.4, 0.5) is 5.69 Å². The molecule has 0 bridgehead atoms. The average Bonchev–Trinajstić information content (AvgIpc) is 2.41. The quantitative estimate of drug-likeness (QED) is 0.831. The lowest BCUT2D eigenvalue weighted by atomic mass is 10.3. The summed E-state index contributed by atoms with van der Waals surface area (Å²) in [5, 5.41) is 9.95. The van der Waals surface area contributed by atoms with Crippen LogP contribution >= 0.6 is 11.6 Å². The van der Waals surface area contributed by atoms with E-state index in [0.29, 0.717) is 17.1 Å². The number of hydrogen-bond donors (Lipinski definition) is 2. The topological polar surface area (TPSA) is 79.3 Å². The van der Waals surface area contributed by atoms with Gasteiger partial charge in [0.15, 0.2) is 0 Å². The van der Waals surface area contributed by atoms with E-state index in [9.17, 15) is 13.5 Å². The minimum Gasteiger partial charge on any atom is -0.506 e. The number of nitrogens with one attached hydrogen (secondary N) is 1. The number of phenolic OH excluding ortho intramolecular Hbond substituents is 1. The summed E-state index contributed by atoms with van der Waals surface area (Å²) in [6.45, 7) is 0. The van der Waals surface area contributed by atoms with Gasteiger partial charge >= 0.3 is 0 Å². The second-order valence-electron chi connectivity index (χ2n) is 4.15. The van der Waals surface area contributed by atoms with Crippen LogP contribution in [0.1, 0.15) is 5.69 Å². The summed E-state index contributed by atoms with van der Waals surface area (Å²) in [5.74, 6) is -0.328. The van der Waals surface area contributed by atoms with E-state index in [2.05, 4.69) is 9.71 Å². The maximum Gasteiger partial charge on any atom is 0.233 e. The summed E-state index contributed by atoms with van der Waals surface area (Å²) in [7, 11) is -3.56. The van der Waals surface area contributed by atoms with Gasteiger partial charge in [-0.05, 0) is 24.3 Å². The molecule has 0 atom stereocenters. The van der Waals surface area contributed by atoms with Crippen LogP contribution < -0.4 is 4.72 Å². The molecule has 0 radical (unpaired) electrons. The summed E-state index contributed by atoms with van der Waals surface area (Å²) in [6, 6.07) is 9.51. The van der Waals surface area contributed by atoms with Gasteiger partial charge < -0.3 is 5.11 Å². The van der Waals surface area contributed by atoms with Gasteiger partial charge in [-0.25, -0.2) is 8.42 Å². The number of pyridine rings is 1. The van der Waals surface area contributed by atoms with Crippen LogP contribution in [-0.2, 0) is 16.4 Å². The van der Waals surface area contributed by atoms with E-state index < -0.39 is 10.0 Å². The fourth-order valence-corrected chi connectivity index (χ4v) is 2.85. The van der Waals surface area contributed by atoms with Gasteiger partial charge in [0, 0.05) is 29.4 Å². The van der Waals surface area contributed by atoms with Crippen LogP contribution in [0.5, 0.6) is 5.75 Å². The van der Waals surface area contributed by atoms with Gasteiger partial charge in [-0.2, -0.15) is 0 Å². The molecule has 0 saturated heterocycles. The summed E-state index contributed by atoms with van der Waals surface area (Å²) >= 11 is 5.68. The fourth-order valence-electron chi connectivity index (χ4n) is 1.59. The molecule has 2 aromatic rings. The minimum atomic E-state index is -3.56. The molecule has 0 spiro atoms. The molecule has 0 fully saturated rings. The molecule has 1 aromatic carbocycles. The largest absolute Gasteiger partial charge is 0.506 e. The number of aryl methyl sites for hydroxylation is 1. The third-order valence-electron chi connectivity index (χ3n) is 2.58. The van der Waals surface area contributed by atoms with Gasteiger partial charge in [0.25, 0.3) is 0 Å². The normalized spacial score (nSPS) is 11.2. The molecule has 1 aromatic heterocycles. The first-order valence-electron chi connectivity index (χ1n) is 5.85. The molecule has 1 heterocycles. The van der Waals surface area contributed by atoms with Crippen LogP contribution in [0.15, 0.2) is 42.6 Å². The number of rotatable bonds is 5. The molecule has 0 aliphatic heterocycles. The lowest BCUT2D eigenvalue weighted by molar-refractivity contribution is 0.477. The molecule has 7 heteroatoms. The van der Waals surface area contributed by atoms with E-state index in [4.69, 9.17) is 11.6 Å². The zero-order valence-electron chi connectivity index (χ0n) is 10.5. The highest BCUT2D eigenvalue weighted by atomic mass is 35.5. The Kier molecular flexibility index (Phi) is 4.46. The van der Waals surface area contributed by atoms with Crippen molar-refractivity contribution in [2.24, 2.45) is 0 Å². The molecule has 0 unspecified atom stereocenters. The lowest BCUT2D eigenvalue weighted by Crippen LogP contribution is -2.18. The Bertz CT molecular complexity index is 690. The molecule has 5 nitrogen and oxygen atoms in total. The van der Waals surface area contributed by atoms with Gasteiger partial charge in [0.2, 0.25) is 10.0 Å². The molecule has 0 aliphatic carbocycles. The van der Waals surface area contributed by atoms with Crippen molar-refractivity contribution in [1.82, 2.24) is 4.98 Å². The van der Waals surface area contributed by atoms with E-state index in [1.54, 1.807) is 24.4 Å². The van der Waals surface area contributed by atoms with Crippen LogP contribution in [0.3, 0.4) is 0 Å². The highest BCUT2D eigenvalue weighted by Gasteiger charge is 2.13. The number of aromatic hydroxyl groups is 1. The summed E-state index contributed by atoms with van der Waals surface area (Å²) < 4.78 is 26.2. The highest BCUT2D eigenvalue weighted by molar-refractivity contribution is 7.92. The Morgan fingerprint density at radius 3 is 2.70 bits per heavy atom. The van der Waals surface area contributed by atoms with Crippen molar-refractivity contribution in [3.63, 3.8) is 0 Å². The Hall–Kier alpha value is -1.79. The third kappa shape index (κ3) is 4.11. The van der Waals surface area contributed by atoms with Crippen molar-refractivity contribution in [1.29, 1.82) is 0 Å². The zero-order valence-corrected chi connectivity index (χ0v) is 12.0. The molecular formula is C13H13ClN2O3S. The van der Waals surface area contributed by atoms with E-state index in [0.717, 1.165) is 0 Å². The number of hydrogen-bond acceptors (Lipinski definition) is 4. The van der Waals surface area contributed by atoms with Crippen LogP contribution in [0.25, 0.3) is 0 Å². The van der Waals surface area contributed by atoms with Crippen molar-refractivity contribution in [2.45, 2.75) is 6.42 Å². The molecule has 0 aliphatic rings. The maximum absolute atomic E-state index is 11.9. The Balaban J connectivity index is 2.04. The van der Waals surface area contributed by atoms with Gasteiger partial charge in [-0.15, -0.1) is 0 Å². The number of phenols is 1. The average molecular weight is 313 g/mol. The van der Waals surface area contributed by atoms with E-state index in [1.807, 2.05) is 0 Å². The number of benzene rings is 1. The Morgan fingerprint density at radius 2 is 2.05 bits per heavy atom. The summed E-state index contributed by atoms with van der Waals surface area (Å²) in [4.78, 5) is 4.06. The van der Waals surface area contributed by atoms with Gasteiger partial charge in [-0.1, -0.05) is 17.7 Å². The fraction of sp³-hybridized carbons (Fsp3) is 0.154. The third-order valence-corrected chi connectivity index (χ3v) is 4.09. The van der Waals surface area contributed by atoms with Crippen molar-refractivity contribution >= 4 is 27.3 Å². The number of anilines is 1. The van der Waals surface area contributed by atoms with Gasteiger partial charge in [0.05, 0.1) is 11.4 Å². The molecule has 2 rings (SSSR count). The monoisotopic (exact) mass is 312 g/mol. The van der Waals surface area contributed by atoms with E-state index in [-0.39, 0.29) is 17.2 Å². The summed E-state index contributed by atoms with van der Waals surface area (Å²) in [5.41, 5.74) is 0.800. The first-order chi connectivity index (χ1) is 9.46. The van der Waals surface area contributed by atoms with Crippen LogP contribution in [-0.4, -0.2) is 24.3 Å². The predicted octanol–water partition coefficient (Wildman–Crippen LogP) is 2.43. The molecular weight excluding hydrogens is 300 g/mol. The highest BCUT2D eigenvalue weighted by Crippen LogP contribution is 2.27. The van der Waals surface area contributed by atoms with E-state index in [1.165, 1.54) is 18.2 Å². The van der Waals surface area contributed by atoms with Gasteiger partial charge in [-0.3, -0.25) is 9.71 Å². The van der Waals surface area contributed by atoms with Crippen molar-refractivity contribution < 1.29 is 13.5 Å². The number of halogens is 1. The maximum atomic E-state index is 11.9. The van der Waals surface area contributed by atoms with Crippen LogP contribution in [0, 0.1) is 0 Å². The second kappa shape index (κ2) is 6.11. The van der Waals surface area contributed by atoms with Crippen LogP contribution in [0.2, 0.25) is 5.02 Å². The molecule has 106 valence electrons. The standard InChI is InChI=1S/C13H13ClN2O3S/c14-10-4-5-12(13(17)9-10)16-20(18,19)8-6-11-3-1-2-7-15-11/h1-5,7,9,16-17H,6,8H2. The second-order valence-corrected chi connectivity index (χ2v) is 6.43. The SMILES string of the molecule is O=S(=O)(CCc1ccccn1)Nc1ccc(Cl)cc1O. The lowest BCUT2D eigenvalue weighted by Gasteiger charge is -2.09. The molecule has 20 heavy (non-hydrogen) atoms. The number of aromatic nitrogens is 1. The first kappa shape index (κ1) is 14.6. The zero-order chi connectivity index (χ0) is 14.6. The van der Waals surface area contributed by atoms with Crippen molar-refractivity contribution in [3.8, 4) is 5.75 Å². The smallest absolute Gasteiger partial charge is 0.233 e. The Labute approximate surface area is 122 Å². The molecule has 0 saturated carbocycles. The molecule has 0 amide bonds. The summed E-state index contributed by atoms with van der Waals surface area (Å²) in [6.07, 6.45) is 1.91. The van der Waals surface area contributed by atoms with Crippen molar-refractivity contribution in [2.75, 3.05) is 10.5 Å². The number of nitrogens with zero attached hydrogens (tertiary/aromatic N) is 1. The number of sulfonamides is 1. The Morgan fingerprint density at radius 1 is 1.25 bits per heavy atom.